The van der Waals surface area contributed by atoms with Gasteiger partial charge in [0.1, 0.15) is 5.82 Å². The zero-order valence-electron chi connectivity index (χ0n) is 14.1. The summed E-state index contributed by atoms with van der Waals surface area (Å²) in [5.41, 5.74) is 3.22. The molecule has 0 radical (unpaired) electrons. The molecule has 1 fully saturated rings. The molecule has 0 aliphatic heterocycles. The number of halogens is 1. The van der Waals surface area contributed by atoms with Crippen LogP contribution in [0.15, 0.2) is 30.3 Å². The third kappa shape index (κ3) is 4.15. The summed E-state index contributed by atoms with van der Waals surface area (Å²) >= 11 is 0. The Morgan fingerprint density at radius 1 is 1.04 bits per heavy atom. The Balaban J connectivity index is 1.59. The van der Waals surface area contributed by atoms with E-state index in [4.69, 9.17) is 0 Å². The Kier molecular flexibility index (Phi) is 5.04. The van der Waals surface area contributed by atoms with E-state index in [1.54, 1.807) is 13.0 Å². The van der Waals surface area contributed by atoms with Crippen LogP contribution >= 0.6 is 0 Å². The zero-order chi connectivity index (χ0) is 16.2. The molecule has 0 bridgehead atoms. The predicted molar refractivity (Wildman–Crippen MR) is 91.6 cm³/mol. The van der Waals surface area contributed by atoms with Crippen molar-refractivity contribution in [2.75, 3.05) is 0 Å². The predicted octanol–water partition coefficient (Wildman–Crippen LogP) is 5.35. The van der Waals surface area contributed by atoms with Crippen LogP contribution in [0.4, 0.5) is 4.39 Å². The number of benzene rings is 1. The fourth-order valence-electron chi connectivity index (χ4n) is 3.37. The van der Waals surface area contributed by atoms with Crippen LogP contribution in [0.2, 0.25) is 0 Å². The van der Waals surface area contributed by atoms with Crippen molar-refractivity contribution in [3.8, 4) is 11.3 Å². The Bertz CT molecular complexity index is 643. The minimum Gasteiger partial charge on any atom is -0.207 e. The molecule has 2 nitrogen and oxygen atoms in total. The van der Waals surface area contributed by atoms with E-state index in [0.717, 1.165) is 35.2 Å². The SMILES string of the molecule is Cc1ccc(-c2ccc(CCC3CCC(C)CC3)nn2)cc1F. The van der Waals surface area contributed by atoms with Gasteiger partial charge >= 0.3 is 0 Å². The third-order valence-electron chi connectivity index (χ3n) is 5.13. The van der Waals surface area contributed by atoms with E-state index >= 15 is 0 Å². The fraction of sp³-hybridized carbons (Fsp3) is 0.500. The molecule has 0 spiro atoms. The van der Waals surface area contributed by atoms with Crippen molar-refractivity contribution in [2.24, 2.45) is 11.8 Å². The van der Waals surface area contributed by atoms with Crippen molar-refractivity contribution < 1.29 is 4.39 Å². The van der Waals surface area contributed by atoms with Crippen LogP contribution in [0, 0.1) is 24.6 Å². The molecule has 1 aromatic heterocycles. The maximum Gasteiger partial charge on any atom is 0.126 e. The van der Waals surface area contributed by atoms with Crippen LogP contribution in [0.25, 0.3) is 11.3 Å². The van der Waals surface area contributed by atoms with Gasteiger partial charge in [0.05, 0.1) is 11.4 Å². The lowest BCUT2D eigenvalue weighted by atomic mass is 9.81. The molecule has 0 unspecified atom stereocenters. The molecule has 1 aliphatic carbocycles. The molecule has 23 heavy (non-hydrogen) atoms. The normalized spacial score (nSPS) is 21.3. The van der Waals surface area contributed by atoms with Crippen molar-refractivity contribution in [3.63, 3.8) is 0 Å². The molecule has 3 rings (SSSR count). The van der Waals surface area contributed by atoms with Gasteiger partial charge in [0.15, 0.2) is 0 Å². The maximum absolute atomic E-state index is 13.7. The first-order valence-corrected chi connectivity index (χ1v) is 8.71. The van der Waals surface area contributed by atoms with Gasteiger partial charge in [0.25, 0.3) is 0 Å². The van der Waals surface area contributed by atoms with Gasteiger partial charge in [0.2, 0.25) is 0 Å². The number of aryl methyl sites for hydroxylation is 2. The van der Waals surface area contributed by atoms with Crippen molar-refractivity contribution in [2.45, 2.75) is 52.4 Å². The maximum atomic E-state index is 13.7. The van der Waals surface area contributed by atoms with Crippen LogP contribution < -0.4 is 0 Å². The second-order valence-electron chi connectivity index (χ2n) is 7.04. The van der Waals surface area contributed by atoms with Gasteiger partial charge < -0.3 is 0 Å². The van der Waals surface area contributed by atoms with E-state index < -0.39 is 0 Å². The fourth-order valence-corrected chi connectivity index (χ4v) is 3.37. The molecule has 1 aliphatic rings. The standard InChI is InChI=1S/C20H25FN2/c1-14-3-6-16(7-4-14)8-10-18-11-12-20(23-22-18)17-9-5-15(2)19(21)13-17/h5,9,11-14,16H,3-4,6-8,10H2,1-2H3. The molecule has 0 N–H and O–H groups in total. The summed E-state index contributed by atoms with van der Waals surface area (Å²) in [4.78, 5) is 0. The smallest absolute Gasteiger partial charge is 0.126 e. The van der Waals surface area contributed by atoms with E-state index in [1.165, 1.54) is 38.2 Å². The van der Waals surface area contributed by atoms with Gasteiger partial charge in [-0.25, -0.2) is 4.39 Å². The molecular weight excluding hydrogens is 287 g/mol. The number of aromatic nitrogens is 2. The zero-order valence-corrected chi connectivity index (χ0v) is 14.1. The highest BCUT2D eigenvalue weighted by atomic mass is 19.1. The van der Waals surface area contributed by atoms with Gasteiger partial charge in [0, 0.05) is 5.56 Å². The lowest BCUT2D eigenvalue weighted by molar-refractivity contribution is 0.277. The van der Waals surface area contributed by atoms with Crippen LogP contribution in [0.1, 0.15) is 50.3 Å². The van der Waals surface area contributed by atoms with Crippen LogP contribution in [-0.2, 0) is 6.42 Å². The van der Waals surface area contributed by atoms with Gasteiger partial charge in [-0.05, 0) is 55.4 Å². The van der Waals surface area contributed by atoms with E-state index in [-0.39, 0.29) is 5.82 Å². The summed E-state index contributed by atoms with van der Waals surface area (Å²) in [5.74, 6) is 1.55. The highest BCUT2D eigenvalue weighted by Gasteiger charge is 2.18. The van der Waals surface area contributed by atoms with E-state index in [0.29, 0.717) is 5.56 Å². The first kappa shape index (κ1) is 16.1. The lowest BCUT2D eigenvalue weighted by Gasteiger charge is -2.25. The largest absolute Gasteiger partial charge is 0.207 e. The second-order valence-corrected chi connectivity index (χ2v) is 7.04. The Labute approximate surface area is 138 Å². The molecule has 0 atom stereocenters. The first-order valence-electron chi connectivity index (χ1n) is 8.71. The third-order valence-corrected chi connectivity index (χ3v) is 5.13. The summed E-state index contributed by atoms with van der Waals surface area (Å²) in [7, 11) is 0. The van der Waals surface area contributed by atoms with Crippen LogP contribution in [0.3, 0.4) is 0 Å². The average molecular weight is 312 g/mol. The monoisotopic (exact) mass is 312 g/mol. The summed E-state index contributed by atoms with van der Waals surface area (Å²) in [5, 5.41) is 8.61. The molecule has 2 aromatic rings. The Hall–Kier alpha value is -1.77. The number of hydrogen-bond donors (Lipinski definition) is 0. The summed E-state index contributed by atoms with van der Waals surface area (Å²) in [6.45, 7) is 4.12. The second kappa shape index (κ2) is 7.20. The molecule has 1 aromatic carbocycles. The Morgan fingerprint density at radius 3 is 2.48 bits per heavy atom. The molecule has 0 amide bonds. The van der Waals surface area contributed by atoms with E-state index in [9.17, 15) is 4.39 Å². The number of rotatable bonds is 4. The molecule has 0 saturated heterocycles. The van der Waals surface area contributed by atoms with Crippen molar-refractivity contribution in [1.82, 2.24) is 10.2 Å². The highest BCUT2D eigenvalue weighted by Crippen LogP contribution is 2.31. The molecule has 122 valence electrons. The first-order chi connectivity index (χ1) is 11.1. The van der Waals surface area contributed by atoms with Gasteiger partial charge in [-0.2, -0.15) is 10.2 Å². The number of nitrogens with zero attached hydrogens (tertiary/aromatic N) is 2. The minimum absolute atomic E-state index is 0.195. The van der Waals surface area contributed by atoms with Gasteiger partial charge in [-0.1, -0.05) is 44.7 Å². The van der Waals surface area contributed by atoms with Crippen molar-refractivity contribution in [1.29, 1.82) is 0 Å². The Morgan fingerprint density at radius 2 is 1.83 bits per heavy atom. The van der Waals surface area contributed by atoms with E-state index in [1.807, 2.05) is 18.2 Å². The molecule has 3 heteroatoms. The van der Waals surface area contributed by atoms with Crippen LogP contribution in [0.5, 0.6) is 0 Å². The molecule has 1 heterocycles. The summed E-state index contributed by atoms with van der Waals surface area (Å²) < 4.78 is 13.7. The van der Waals surface area contributed by atoms with Crippen molar-refractivity contribution in [3.05, 3.63) is 47.4 Å². The molecule has 1 saturated carbocycles. The highest BCUT2D eigenvalue weighted by molar-refractivity contribution is 5.59. The number of hydrogen-bond acceptors (Lipinski definition) is 2. The van der Waals surface area contributed by atoms with Gasteiger partial charge in [-0.15, -0.1) is 0 Å². The summed E-state index contributed by atoms with van der Waals surface area (Å²) in [6, 6.07) is 9.19. The minimum atomic E-state index is -0.195. The van der Waals surface area contributed by atoms with Crippen LogP contribution in [-0.4, -0.2) is 10.2 Å². The quantitative estimate of drug-likeness (QED) is 0.760. The lowest BCUT2D eigenvalue weighted by Crippen LogP contribution is -2.13. The topological polar surface area (TPSA) is 25.8 Å². The summed E-state index contributed by atoms with van der Waals surface area (Å²) in [6.07, 6.45) is 7.65. The molecular formula is C20H25FN2. The van der Waals surface area contributed by atoms with Gasteiger partial charge in [-0.3, -0.25) is 0 Å². The average Bonchev–Trinajstić information content (AvgIpc) is 2.57. The van der Waals surface area contributed by atoms with Crippen molar-refractivity contribution >= 4 is 0 Å². The van der Waals surface area contributed by atoms with E-state index in [2.05, 4.69) is 17.1 Å².